The number of hydrogen-bond donors (Lipinski definition) is 0. The van der Waals surface area contributed by atoms with Gasteiger partial charge in [-0.2, -0.15) is 13.2 Å². The fourth-order valence-electron chi connectivity index (χ4n) is 0.890. The molecule has 17 heavy (non-hydrogen) atoms. The van der Waals surface area contributed by atoms with Gasteiger partial charge in [0.05, 0.1) is 6.61 Å². The summed E-state index contributed by atoms with van der Waals surface area (Å²) in [5.41, 5.74) is 0. The van der Waals surface area contributed by atoms with Crippen LogP contribution >= 0.6 is 0 Å². The molecule has 0 aliphatic carbocycles. The largest absolute Gasteiger partial charge is 0.465 e. The fraction of sp³-hybridized carbons (Fsp3) is 0.500. The first-order chi connectivity index (χ1) is 7.70. The molecule has 0 aromatic heterocycles. The Balaban J connectivity index is 4.79. The lowest BCUT2D eigenvalue weighted by molar-refractivity contribution is -0.165. The molecule has 1 atom stereocenters. The Morgan fingerprint density at radius 1 is 1.29 bits per heavy atom. The van der Waals surface area contributed by atoms with Gasteiger partial charge in [0.1, 0.15) is 11.7 Å². The van der Waals surface area contributed by atoms with Gasteiger partial charge in [0.25, 0.3) is 5.78 Å². The Bertz CT molecular complexity index is 344. The number of hydrogen-bond acceptors (Lipinski definition) is 4. The molecule has 4 nitrogen and oxygen atoms in total. The summed E-state index contributed by atoms with van der Waals surface area (Å²) in [6.45, 7) is 2.49. The van der Waals surface area contributed by atoms with Gasteiger partial charge in [-0.1, -0.05) is 6.08 Å². The van der Waals surface area contributed by atoms with Gasteiger partial charge in [0, 0.05) is 0 Å². The summed E-state index contributed by atoms with van der Waals surface area (Å²) in [5.74, 6) is -5.30. The number of halogens is 3. The number of carbonyl (C=O) groups excluding carboxylic acids is 3. The standard InChI is InChI=1S/C10H11F3O4/c1-3-17-9(16)7(6(2)14)4-5-8(15)10(11,12)13/h4-5,7H,3H2,1-2H3/b5-4-. The normalized spacial score (nSPS) is 13.5. The Kier molecular flexibility index (Phi) is 5.57. The zero-order chi connectivity index (χ0) is 13.6. The molecule has 0 amide bonds. The predicted molar refractivity (Wildman–Crippen MR) is 51.0 cm³/mol. The van der Waals surface area contributed by atoms with E-state index in [1.54, 1.807) is 0 Å². The molecule has 0 rings (SSSR count). The van der Waals surface area contributed by atoms with Crippen LogP contribution in [0.5, 0.6) is 0 Å². The van der Waals surface area contributed by atoms with Crippen LogP contribution in [0.25, 0.3) is 0 Å². The third-order valence-corrected chi connectivity index (χ3v) is 1.70. The second kappa shape index (κ2) is 6.17. The minimum atomic E-state index is -5.02. The maximum atomic E-state index is 11.8. The van der Waals surface area contributed by atoms with Crippen molar-refractivity contribution in [1.82, 2.24) is 0 Å². The highest BCUT2D eigenvalue weighted by molar-refractivity contribution is 6.02. The molecular formula is C10H11F3O4. The molecule has 0 heterocycles. The quantitative estimate of drug-likeness (QED) is 0.422. The van der Waals surface area contributed by atoms with E-state index in [0.29, 0.717) is 6.08 Å². The van der Waals surface area contributed by atoms with E-state index in [-0.39, 0.29) is 12.7 Å². The Labute approximate surface area is 95.4 Å². The molecule has 96 valence electrons. The number of allylic oxidation sites excluding steroid dienone is 1. The molecule has 0 aromatic carbocycles. The summed E-state index contributed by atoms with van der Waals surface area (Å²) in [6.07, 6.45) is -4.27. The Morgan fingerprint density at radius 2 is 1.82 bits per heavy atom. The van der Waals surface area contributed by atoms with Crippen molar-refractivity contribution in [2.45, 2.75) is 20.0 Å². The summed E-state index contributed by atoms with van der Waals surface area (Å²) >= 11 is 0. The molecular weight excluding hydrogens is 241 g/mol. The highest BCUT2D eigenvalue weighted by atomic mass is 19.4. The number of esters is 1. The van der Waals surface area contributed by atoms with Gasteiger partial charge in [-0.25, -0.2) is 0 Å². The lowest BCUT2D eigenvalue weighted by atomic mass is 10.0. The molecule has 0 radical (unpaired) electrons. The second-order valence-corrected chi connectivity index (χ2v) is 3.06. The van der Waals surface area contributed by atoms with Gasteiger partial charge >= 0.3 is 12.1 Å². The smallest absolute Gasteiger partial charge is 0.454 e. The van der Waals surface area contributed by atoms with Crippen molar-refractivity contribution in [3.63, 3.8) is 0 Å². The summed E-state index contributed by atoms with van der Waals surface area (Å²) in [6, 6.07) is 0. The van der Waals surface area contributed by atoms with Gasteiger partial charge in [0.2, 0.25) is 0 Å². The van der Waals surface area contributed by atoms with Crippen LogP contribution in [0.1, 0.15) is 13.8 Å². The molecule has 0 aliphatic heterocycles. The molecule has 7 heteroatoms. The van der Waals surface area contributed by atoms with Gasteiger partial charge < -0.3 is 4.74 Å². The summed E-state index contributed by atoms with van der Waals surface area (Å²) in [7, 11) is 0. The van der Waals surface area contributed by atoms with Crippen molar-refractivity contribution in [2.24, 2.45) is 5.92 Å². The Morgan fingerprint density at radius 3 is 2.18 bits per heavy atom. The zero-order valence-electron chi connectivity index (χ0n) is 9.21. The van der Waals surface area contributed by atoms with Gasteiger partial charge in [-0.05, 0) is 19.9 Å². The number of ether oxygens (including phenoxy) is 1. The van der Waals surface area contributed by atoms with Crippen molar-refractivity contribution >= 4 is 17.5 Å². The van der Waals surface area contributed by atoms with Crippen molar-refractivity contribution < 1.29 is 32.3 Å². The number of alkyl halides is 3. The molecule has 0 aliphatic rings. The van der Waals surface area contributed by atoms with Crippen molar-refractivity contribution in [1.29, 1.82) is 0 Å². The first-order valence-corrected chi connectivity index (χ1v) is 4.66. The predicted octanol–water partition coefficient (Wildman–Crippen LogP) is 1.44. The Hall–Kier alpha value is -1.66. The minimum absolute atomic E-state index is 0.0102. The van der Waals surface area contributed by atoms with E-state index in [1.807, 2.05) is 0 Å². The van der Waals surface area contributed by atoms with E-state index >= 15 is 0 Å². The maximum Gasteiger partial charge on any atom is 0.454 e. The molecule has 0 spiro atoms. The van der Waals surface area contributed by atoms with Crippen LogP contribution in [0.15, 0.2) is 12.2 Å². The molecule has 1 unspecified atom stereocenters. The van der Waals surface area contributed by atoms with Crippen molar-refractivity contribution in [3.05, 3.63) is 12.2 Å². The maximum absolute atomic E-state index is 11.8. The first-order valence-electron chi connectivity index (χ1n) is 4.66. The highest BCUT2D eigenvalue weighted by Gasteiger charge is 2.36. The van der Waals surface area contributed by atoms with Gasteiger partial charge in [-0.3, -0.25) is 14.4 Å². The number of carbonyl (C=O) groups is 3. The van der Waals surface area contributed by atoms with Crippen LogP contribution in [-0.2, 0) is 19.1 Å². The minimum Gasteiger partial charge on any atom is -0.465 e. The van der Waals surface area contributed by atoms with Crippen LogP contribution in [0.3, 0.4) is 0 Å². The molecule has 0 aromatic rings. The van der Waals surface area contributed by atoms with E-state index in [0.717, 1.165) is 6.92 Å². The van der Waals surface area contributed by atoms with Crippen LogP contribution in [0, 0.1) is 5.92 Å². The second-order valence-electron chi connectivity index (χ2n) is 3.06. The van der Waals surface area contributed by atoms with E-state index in [9.17, 15) is 27.6 Å². The number of ketones is 2. The van der Waals surface area contributed by atoms with Crippen molar-refractivity contribution in [3.8, 4) is 0 Å². The SMILES string of the molecule is CCOC(=O)C(/C=C\C(=O)C(F)(F)F)C(C)=O. The highest BCUT2D eigenvalue weighted by Crippen LogP contribution is 2.17. The third kappa shape index (κ3) is 5.28. The molecule has 0 bridgehead atoms. The van der Waals surface area contributed by atoms with Gasteiger partial charge in [-0.15, -0.1) is 0 Å². The zero-order valence-corrected chi connectivity index (χ0v) is 9.21. The van der Waals surface area contributed by atoms with Crippen LogP contribution in [0.2, 0.25) is 0 Å². The van der Waals surface area contributed by atoms with Crippen molar-refractivity contribution in [2.75, 3.05) is 6.61 Å². The third-order valence-electron chi connectivity index (χ3n) is 1.70. The number of rotatable bonds is 5. The average Bonchev–Trinajstić information content (AvgIpc) is 2.16. The molecule has 0 saturated carbocycles. The van der Waals surface area contributed by atoms with Crippen LogP contribution < -0.4 is 0 Å². The lowest BCUT2D eigenvalue weighted by Crippen LogP contribution is -2.24. The van der Waals surface area contributed by atoms with E-state index < -0.39 is 29.6 Å². The van der Waals surface area contributed by atoms with Gasteiger partial charge in [0.15, 0.2) is 0 Å². The molecule has 0 fully saturated rings. The summed E-state index contributed by atoms with van der Waals surface area (Å²) in [5, 5.41) is 0. The van der Waals surface area contributed by atoms with E-state index in [4.69, 9.17) is 0 Å². The average molecular weight is 252 g/mol. The topological polar surface area (TPSA) is 60.4 Å². The monoisotopic (exact) mass is 252 g/mol. The van der Waals surface area contributed by atoms with Crippen LogP contribution in [-0.4, -0.2) is 30.3 Å². The number of Topliss-reactive ketones (excluding diaryl/α,β-unsaturated/α-hetero) is 1. The summed E-state index contributed by atoms with van der Waals surface area (Å²) < 4.78 is 40.0. The fourth-order valence-corrected chi connectivity index (χ4v) is 0.890. The van der Waals surface area contributed by atoms with E-state index in [2.05, 4.69) is 4.74 Å². The first kappa shape index (κ1) is 15.3. The van der Waals surface area contributed by atoms with Crippen LogP contribution in [0.4, 0.5) is 13.2 Å². The molecule has 0 saturated heterocycles. The summed E-state index contributed by atoms with van der Waals surface area (Å²) in [4.78, 5) is 32.6. The molecule has 0 N–H and O–H groups in total. The lowest BCUT2D eigenvalue weighted by Gasteiger charge is -2.07. The van der Waals surface area contributed by atoms with E-state index in [1.165, 1.54) is 6.92 Å².